The van der Waals surface area contributed by atoms with Crippen molar-refractivity contribution in [2.75, 3.05) is 0 Å². The molecule has 58 valence electrons. The Morgan fingerprint density at radius 3 is 3.17 bits per heavy atom. The van der Waals surface area contributed by atoms with Gasteiger partial charge in [-0.3, -0.25) is 0 Å². The summed E-state index contributed by atoms with van der Waals surface area (Å²) in [4.78, 5) is 5.17. The summed E-state index contributed by atoms with van der Waals surface area (Å²) in [6, 6.07) is 3.96. The topological polar surface area (TPSA) is 36.7 Å². The summed E-state index contributed by atoms with van der Waals surface area (Å²) in [6.07, 6.45) is 1.61. The van der Waals surface area contributed by atoms with Gasteiger partial charge >= 0.3 is 0 Å². The van der Waals surface area contributed by atoms with Crippen LogP contribution >= 0.6 is 11.3 Å². The molecule has 3 heteroatoms. The predicted molar refractivity (Wildman–Crippen MR) is 49.1 cm³/mol. The van der Waals surface area contributed by atoms with E-state index in [9.17, 15) is 0 Å². The number of aryl methyl sites for hydroxylation is 1. The van der Waals surface area contributed by atoms with Crippen molar-refractivity contribution in [2.24, 2.45) is 0 Å². The van der Waals surface area contributed by atoms with Crippen LogP contribution in [0.25, 0.3) is 10.2 Å². The van der Waals surface area contributed by atoms with Gasteiger partial charge in [0.25, 0.3) is 0 Å². The minimum atomic E-state index is 0.629. The van der Waals surface area contributed by atoms with Crippen molar-refractivity contribution in [3.63, 3.8) is 0 Å². The summed E-state index contributed by atoms with van der Waals surface area (Å²) < 4.78 is 0. The molecular formula is C9H6N2S. The van der Waals surface area contributed by atoms with E-state index in [1.807, 2.05) is 13.0 Å². The Balaban J connectivity index is 2.82. The summed E-state index contributed by atoms with van der Waals surface area (Å²) >= 11 is 1.61. The molecule has 2 nitrogen and oxygen atoms in total. The molecule has 2 aromatic rings. The van der Waals surface area contributed by atoms with E-state index in [1.165, 1.54) is 5.56 Å². The molecule has 0 N–H and O–H groups in total. The third-order valence-corrected chi connectivity index (χ3v) is 2.77. The number of hydrogen-bond donors (Lipinski definition) is 0. The Kier molecular flexibility index (Phi) is 1.56. The van der Waals surface area contributed by atoms with Crippen molar-refractivity contribution in [2.45, 2.75) is 6.92 Å². The molecule has 0 unspecified atom stereocenters. The van der Waals surface area contributed by atoms with Gasteiger partial charge in [0.05, 0.1) is 5.56 Å². The number of fused-ring (bicyclic) bond motifs is 1. The predicted octanol–water partition coefficient (Wildman–Crippen LogP) is 2.48. The van der Waals surface area contributed by atoms with Gasteiger partial charge < -0.3 is 0 Å². The second-order valence-electron chi connectivity index (χ2n) is 2.61. The zero-order valence-electron chi connectivity index (χ0n) is 6.53. The zero-order valence-corrected chi connectivity index (χ0v) is 7.35. The van der Waals surface area contributed by atoms with Crippen LogP contribution in [0.4, 0.5) is 0 Å². The second kappa shape index (κ2) is 2.58. The highest BCUT2D eigenvalue weighted by atomic mass is 32.1. The number of nitriles is 1. The Morgan fingerprint density at radius 1 is 1.58 bits per heavy atom. The van der Waals surface area contributed by atoms with E-state index in [-0.39, 0.29) is 0 Å². The Morgan fingerprint density at radius 2 is 2.42 bits per heavy atom. The molecule has 0 bridgehead atoms. The lowest BCUT2D eigenvalue weighted by Gasteiger charge is -1.90. The van der Waals surface area contributed by atoms with E-state index in [0.717, 1.165) is 10.2 Å². The molecule has 12 heavy (non-hydrogen) atoms. The largest absolute Gasteiger partial charge is 0.244 e. The van der Waals surface area contributed by atoms with Crippen LogP contribution in [-0.2, 0) is 0 Å². The molecule has 0 amide bonds. The summed E-state index contributed by atoms with van der Waals surface area (Å²) in [5, 5.41) is 11.8. The molecule has 0 saturated heterocycles. The van der Waals surface area contributed by atoms with Crippen molar-refractivity contribution < 1.29 is 0 Å². The van der Waals surface area contributed by atoms with Crippen LogP contribution in [0.2, 0.25) is 0 Å². The number of aromatic nitrogens is 1. The van der Waals surface area contributed by atoms with E-state index >= 15 is 0 Å². The van der Waals surface area contributed by atoms with Crippen molar-refractivity contribution in [1.82, 2.24) is 4.98 Å². The lowest BCUT2D eigenvalue weighted by molar-refractivity contribution is 1.39. The summed E-state index contributed by atoms with van der Waals surface area (Å²) in [6.45, 7) is 2.03. The van der Waals surface area contributed by atoms with Crippen LogP contribution in [0.3, 0.4) is 0 Å². The van der Waals surface area contributed by atoms with Crippen molar-refractivity contribution in [3.05, 3.63) is 28.8 Å². The first-order chi connectivity index (χ1) is 5.81. The monoisotopic (exact) mass is 174 g/mol. The van der Waals surface area contributed by atoms with Gasteiger partial charge in [-0.15, -0.1) is 11.3 Å². The molecule has 0 aliphatic carbocycles. The van der Waals surface area contributed by atoms with Crippen LogP contribution in [0.15, 0.2) is 17.6 Å². The fraction of sp³-hybridized carbons (Fsp3) is 0.111. The van der Waals surface area contributed by atoms with Gasteiger partial charge in [-0.05, 0) is 23.9 Å². The van der Waals surface area contributed by atoms with E-state index in [2.05, 4.69) is 16.4 Å². The molecule has 0 radical (unpaired) electrons. The van der Waals surface area contributed by atoms with E-state index in [4.69, 9.17) is 5.26 Å². The minimum Gasteiger partial charge on any atom is -0.244 e. The van der Waals surface area contributed by atoms with Crippen LogP contribution in [0.1, 0.15) is 11.1 Å². The van der Waals surface area contributed by atoms with Crippen molar-refractivity contribution in [3.8, 4) is 6.07 Å². The van der Waals surface area contributed by atoms with Gasteiger partial charge in [0.15, 0.2) is 0 Å². The molecule has 0 fully saturated rings. The van der Waals surface area contributed by atoms with Crippen LogP contribution < -0.4 is 0 Å². The number of rotatable bonds is 0. The first-order valence-corrected chi connectivity index (χ1v) is 4.43. The van der Waals surface area contributed by atoms with Gasteiger partial charge in [0, 0.05) is 11.6 Å². The van der Waals surface area contributed by atoms with Gasteiger partial charge in [-0.25, -0.2) is 4.98 Å². The standard InChI is InChI=1S/C9H6N2S/c1-6-5-12-9-8(6)2-7(3-10)4-11-9/h2,4-5H,1H3. The van der Waals surface area contributed by atoms with E-state index in [0.29, 0.717) is 5.56 Å². The van der Waals surface area contributed by atoms with Gasteiger partial charge in [-0.2, -0.15) is 5.26 Å². The minimum absolute atomic E-state index is 0.629. The van der Waals surface area contributed by atoms with Gasteiger partial charge in [0.2, 0.25) is 0 Å². The number of pyridine rings is 1. The average Bonchev–Trinajstić information content (AvgIpc) is 2.47. The molecule has 2 aromatic heterocycles. The molecule has 0 aliphatic heterocycles. The molecule has 0 aliphatic rings. The van der Waals surface area contributed by atoms with E-state index < -0.39 is 0 Å². The smallest absolute Gasteiger partial charge is 0.123 e. The lowest BCUT2D eigenvalue weighted by Crippen LogP contribution is -1.77. The molecule has 0 atom stereocenters. The molecule has 0 saturated carbocycles. The quantitative estimate of drug-likeness (QED) is 0.615. The Labute approximate surface area is 74.1 Å². The lowest BCUT2D eigenvalue weighted by atomic mass is 10.2. The van der Waals surface area contributed by atoms with Crippen LogP contribution in [0, 0.1) is 18.3 Å². The normalized spacial score (nSPS) is 10.0. The zero-order chi connectivity index (χ0) is 8.55. The maximum Gasteiger partial charge on any atom is 0.123 e. The van der Waals surface area contributed by atoms with Gasteiger partial charge in [0.1, 0.15) is 10.9 Å². The first-order valence-electron chi connectivity index (χ1n) is 3.55. The van der Waals surface area contributed by atoms with Crippen LogP contribution in [0.5, 0.6) is 0 Å². The molecule has 0 aromatic carbocycles. The van der Waals surface area contributed by atoms with Crippen molar-refractivity contribution >= 4 is 21.6 Å². The average molecular weight is 174 g/mol. The highest BCUT2D eigenvalue weighted by molar-refractivity contribution is 7.16. The fourth-order valence-corrected chi connectivity index (χ4v) is 1.97. The third-order valence-electron chi connectivity index (χ3n) is 1.75. The maximum atomic E-state index is 8.64. The molecule has 2 rings (SSSR count). The maximum absolute atomic E-state index is 8.64. The SMILES string of the molecule is Cc1csc2ncc(C#N)cc12. The highest BCUT2D eigenvalue weighted by Crippen LogP contribution is 2.23. The molecule has 2 heterocycles. The van der Waals surface area contributed by atoms with Crippen LogP contribution in [-0.4, -0.2) is 4.98 Å². The summed E-state index contributed by atoms with van der Waals surface area (Å²) in [5.41, 5.74) is 1.82. The summed E-state index contributed by atoms with van der Waals surface area (Å²) in [5.74, 6) is 0. The van der Waals surface area contributed by atoms with Gasteiger partial charge in [-0.1, -0.05) is 0 Å². The number of thiophene rings is 1. The molecule has 0 spiro atoms. The molecular weight excluding hydrogens is 168 g/mol. The van der Waals surface area contributed by atoms with Crippen molar-refractivity contribution in [1.29, 1.82) is 5.26 Å². The first kappa shape index (κ1) is 7.26. The Bertz CT molecular complexity index is 465. The Hall–Kier alpha value is -1.40. The number of hydrogen-bond acceptors (Lipinski definition) is 3. The fourth-order valence-electron chi connectivity index (χ4n) is 1.10. The van der Waals surface area contributed by atoms with E-state index in [1.54, 1.807) is 17.5 Å². The second-order valence-corrected chi connectivity index (χ2v) is 3.47. The third kappa shape index (κ3) is 0.973. The summed E-state index contributed by atoms with van der Waals surface area (Å²) in [7, 11) is 0. The highest BCUT2D eigenvalue weighted by Gasteiger charge is 2.01. The number of nitrogens with zero attached hydrogens (tertiary/aromatic N) is 2.